The molecule has 0 unspecified atom stereocenters. The number of sulfone groups is 1. The summed E-state index contributed by atoms with van der Waals surface area (Å²) < 4.78 is 56.7. The molecule has 2 N–H and O–H groups in total. The van der Waals surface area contributed by atoms with Crippen LogP contribution in [-0.4, -0.2) is 30.3 Å². The molecule has 1 fully saturated rings. The van der Waals surface area contributed by atoms with E-state index >= 15 is 0 Å². The minimum absolute atomic E-state index is 0.0280. The molecule has 3 aromatic carbocycles. The third-order valence-corrected chi connectivity index (χ3v) is 8.74. The molecule has 13 heteroatoms. The zero-order valence-corrected chi connectivity index (χ0v) is 22.6. The Hall–Kier alpha value is -3.54. The van der Waals surface area contributed by atoms with E-state index < -0.39 is 32.9 Å². The van der Waals surface area contributed by atoms with Crippen LogP contribution >= 0.6 is 23.2 Å². The zero-order valence-electron chi connectivity index (χ0n) is 20.3. The minimum Gasteiger partial charge on any atom is -0.334 e. The van der Waals surface area contributed by atoms with Crippen LogP contribution in [-0.2, 0) is 15.3 Å². The van der Waals surface area contributed by atoms with Gasteiger partial charge in [0, 0.05) is 33.0 Å². The number of nitrogens with one attached hydrogen (secondary N) is 2. The van der Waals surface area contributed by atoms with Gasteiger partial charge >= 0.3 is 6.03 Å². The predicted molar refractivity (Wildman–Crippen MR) is 143 cm³/mol. The van der Waals surface area contributed by atoms with E-state index in [4.69, 9.17) is 27.7 Å². The Balaban J connectivity index is 1.33. The van der Waals surface area contributed by atoms with Gasteiger partial charge in [0.2, 0.25) is 0 Å². The van der Waals surface area contributed by atoms with Gasteiger partial charge in [-0.3, -0.25) is 0 Å². The summed E-state index contributed by atoms with van der Waals surface area (Å²) in [4.78, 5) is 17.0. The van der Waals surface area contributed by atoms with Crippen LogP contribution in [0.2, 0.25) is 10.0 Å². The van der Waals surface area contributed by atoms with E-state index in [2.05, 4.69) is 20.8 Å². The first-order valence-electron chi connectivity index (χ1n) is 11.7. The maximum absolute atomic E-state index is 14.2. The van der Waals surface area contributed by atoms with Crippen LogP contribution in [0.4, 0.5) is 25.0 Å². The number of anilines is 2. The lowest BCUT2D eigenvalue weighted by atomic mass is 9.94. The SMILES string of the molecule is CCS(=O)(=O)c1ccc(NC(=O)Nc2cc(Cl)c(C3(c4noc(-c5ccc(F)cc5F)n4)CC3)c(Cl)c2)cc1. The van der Waals surface area contributed by atoms with E-state index in [0.29, 0.717) is 29.8 Å². The molecule has 1 saturated carbocycles. The van der Waals surface area contributed by atoms with Gasteiger partial charge in [-0.05, 0) is 61.4 Å². The average molecular weight is 593 g/mol. The fraction of sp³-hybridized carbons (Fsp3) is 0.192. The minimum atomic E-state index is -3.35. The lowest BCUT2D eigenvalue weighted by Crippen LogP contribution is -2.20. The summed E-state index contributed by atoms with van der Waals surface area (Å²) in [6, 6.07) is 11.3. The summed E-state index contributed by atoms with van der Waals surface area (Å²) >= 11 is 13.2. The first-order chi connectivity index (χ1) is 18.5. The topological polar surface area (TPSA) is 114 Å². The monoisotopic (exact) mass is 592 g/mol. The average Bonchev–Trinajstić information content (AvgIpc) is 3.51. The molecule has 0 spiro atoms. The number of amides is 2. The quantitative estimate of drug-likeness (QED) is 0.243. The molecule has 4 aromatic rings. The van der Waals surface area contributed by atoms with E-state index in [-0.39, 0.29) is 38.0 Å². The number of halogens is 4. The molecule has 5 rings (SSSR count). The van der Waals surface area contributed by atoms with Gasteiger partial charge in [0.25, 0.3) is 5.89 Å². The molecule has 1 aliphatic rings. The summed E-state index contributed by atoms with van der Waals surface area (Å²) in [6.45, 7) is 1.55. The highest BCUT2D eigenvalue weighted by Crippen LogP contribution is 2.57. The number of carbonyl (C=O) groups is 1. The van der Waals surface area contributed by atoms with Gasteiger partial charge in [-0.15, -0.1) is 0 Å². The number of benzene rings is 3. The Morgan fingerprint density at radius 2 is 1.64 bits per heavy atom. The Morgan fingerprint density at radius 3 is 2.23 bits per heavy atom. The molecule has 0 saturated heterocycles. The van der Waals surface area contributed by atoms with Crippen molar-refractivity contribution in [3.05, 3.63) is 87.7 Å². The molecule has 8 nitrogen and oxygen atoms in total. The second kappa shape index (κ2) is 10.2. The normalized spacial score (nSPS) is 14.2. The van der Waals surface area contributed by atoms with Gasteiger partial charge in [0.15, 0.2) is 15.7 Å². The first kappa shape index (κ1) is 27.0. The molecule has 1 aliphatic carbocycles. The smallest absolute Gasteiger partial charge is 0.323 e. The molecular formula is C26H20Cl2F2N4O4S. The number of hydrogen-bond donors (Lipinski definition) is 2. The van der Waals surface area contributed by atoms with Crippen molar-refractivity contribution in [3.63, 3.8) is 0 Å². The van der Waals surface area contributed by atoms with Crippen molar-refractivity contribution >= 4 is 50.4 Å². The first-order valence-corrected chi connectivity index (χ1v) is 14.1. The summed E-state index contributed by atoms with van der Waals surface area (Å²) in [5.41, 5.74) is 0.452. The predicted octanol–water partition coefficient (Wildman–Crippen LogP) is 6.84. The van der Waals surface area contributed by atoms with Crippen molar-refractivity contribution in [1.29, 1.82) is 0 Å². The fourth-order valence-electron chi connectivity index (χ4n) is 4.21. The van der Waals surface area contributed by atoms with E-state index in [1.807, 2.05) is 0 Å². The van der Waals surface area contributed by atoms with Crippen molar-refractivity contribution < 1.29 is 26.5 Å². The number of carbonyl (C=O) groups excluding carboxylic acids is 1. The van der Waals surface area contributed by atoms with Crippen LogP contribution in [0.25, 0.3) is 11.5 Å². The number of hydrogen-bond acceptors (Lipinski definition) is 6. The molecular weight excluding hydrogens is 573 g/mol. The van der Waals surface area contributed by atoms with Crippen molar-refractivity contribution in [3.8, 4) is 11.5 Å². The number of aromatic nitrogens is 2. The Kier molecular flexibility index (Phi) is 7.08. The highest BCUT2D eigenvalue weighted by atomic mass is 35.5. The van der Waals surface area contributed by atoms with Gasteiger partial charge in [-0.25, -0.2) is 22.0 Å². The second-order valence-corrected chi connectivity index (χ2v) is 12.0. The lowest BCUT2D eigenvalue weighted by molar-refractivity contribution is 0.262. The van der Waals surface area contributed by atoms with Crippen molar-refractivity contribution in [2.24, 2.45) is 0 Å². The molecule has 0 bridgehead atoms. The highest BCUT2D eigenvalue weighted by molar-refractivity contribution is 7.91. The van der Waals surface area contributed by atoms with Crippen molar-refractivity contribution in [2.45, 2.75) is 30.1 Å². The van der Waals surface area contributed by atoms with Crippen LogP contribution in [0.1, 0.15) is 31.2 Å². The van der Waals surface area contributed by atoms with Crippen molar-refractivity contribution in [2.75, 3.05) is 16.4 Å². The fourth-order valence-corrected chi connectivity index (χ4v) is 5.94. The Bertz CT molecular complexity index is 1670. The standard InChI is InChI=1S/C26H20Cl2F2N4O4S/c1-2-39(36,37)17-6-4-15(5-7-17)31-25(35)32-16-12-19(27)22(20(28)13-16)26(9-10-26)24-33-23(38-34-24)18-8-3-14(29)11-21(18)30/h3-8,11-13H,2,9-10H2,1H3,(H2,31,32,35). The zero-order chi connectivity index (χ0) is 27.9. The molecule has 2 amide bonds. The maximum atomic E-state index is 14.2. The molecule has 202 valence electrons. The van der Waals surface area contributed by atoms with E-state index in [1.54, 1.807) is 6.92 Å². The Morgan fingerprint density at radius 1 is 1.00 bits per heavy atom. The summed E-state index contributed by atoms with van der Waals surface area (Å²) in [7, 11) is -3.35. The molecule has 39 heavy (non-hydrogen) atoms. The van der Waals surface area contributed by atoms with Gasteiger partial charge < -0.3 is 15.2 Å². The van der Waals surface area contributed by atoms with Crippen LogP contribution in [0.15, 0.2) is 64.0 Å². The van der Waals surface area contributed by atoms with Gasteiger partial charge in [0.1, 0.15) is 11.6 Å². The van der Waals surface area contributed by atoms with Gasteiger partial charge in [-0.2, -0.15) is 4.98 Å². The molecule has 1 heterocycles. The van der Waals surface area contributed by atoms with Crippen LogP contribution in [0.3, 0.4) is 0 Å². The van der Waals surface area contributed by atoms with Crippen LogP contribution in [0.5, 0.6) is 0 Å². The maximum Gasteiger partial charge on any atom is 0.323 e. The summed E-state index contributed by atoms with van der Waals surface area (Å²) in [6.07, 6.45) is 1.21. The highest BCUT2D eigenvalue weighted by Gasteiger charge is 2.52. The van der Waals surface area contributed by atoms with E-state index in [0.717, 1.165) is 12.1 Å². The van der Waals surface area contributed by atoms with E-state index in [1.165, 1.54) is 42.5 Å². The third kappa shape index (κ3) is 5.34. The second-order valence-electron chi connectivity index (χ2n) is 8.95. The number of nitrogens with zero attached hydrogens (tertiary/aromatic N) is 2. The van der Waals surface area contributed by atoms with Crippen molar-refractivity contribution in [1.82, 2.24) is 10.1 Å². The molecule has 1 aromatic heterocycles. The largest absolute Gasteiger partial charge is 0.334 e. The molecule has 0 radical (unpaired) electrons. The Labute approximate surface area is 232 Å². The lowest BCUT2D eigenvalue weighted by Gasteiger charge is -2.17. The van der Waals surface area contributed by atoms with Crippen LogP contribution < -0.4 is 10.6 Å². The van der Waals surface area contributed by atoms with Crippen LogP contribution in [0, 0.1) is 11.6 Å². The number of rotatable bonds is 7. The molecule has 0 aliphatic heterocycles. The summed E-state index contributed by atoms with van der Waals surface area (Å²) in [5.74, 6) is -1.43. The number of urea groups is 1. The van der Waals surface area contributed by atoms with Gasteiger partial charge in [0.05, 0.1) is 21.6 Å². The van der Waals surface area contributed by atoms with E-state index in [9.17, 15) is 22.0 Å². The third-order valence-electron chi connectivity index (χ3n) is 6.40. The van der Waals surface area contributed by atoms with Gasteiger partial charge in [-0.1, -0.05) is 35.3 Å². The molecule has 0 atom stereocenters. The summed E-state index contributed by atoms with van der Waals surface area (Å²) in [5, 5.41) is 9.78.